The molecule has 5 rings (SSSR count). The van der Waals surface area contributed by atoms with Gasteiger partial charge in [-0.05, 0) is 49.1 Å². The molecule has 1 aliphatic carbocycles. The van der Waals surface area contributed by atoms with Gasteiger partial charge in [0.05, 0.1) is 5.52 Å². The van der Waals surface area contributed by atoms with E-state index >= 15 is 0 Å². The van der Waals surface area contributed by atoms with Crippen LogP contribution in [-0.4, -0.2) is 31.2 Å². The van der Waals surface area contributed by atoms with Crippen LogP contribution in [0.1, 0.15) is 81.6 Å². The molecule has 0 spiro atoms. The predicted octanol–water partition coefficient (Wildman–Crippen LogP) is 5.84. The summed E-state index contributed by atoms with van der Waals surface area (Å²) < 4.78 is 8.92. The van der Waals surface area contributed by atoms with Crippen LogP contribution in [0.15, 0.2) is 51.8 Å². The highest BCUT2D eigenvalue weighted by atomic mass is 16.5. The lowest BCUT2D eigenvalue weighted by Gasteiger charge is -2.42. The number of benzene rings is 1. The number of nitrogens with zero attached hydrogens (tertiary/aromatic N) is 4. The van der Waals surface area contributed by atoms with Gasteiger partial charge in [-0.3, -0.25) is 13.9 Å². The molecule has 3 aromatic heterocycles. The molecule has 1 saturated carbocycles. The number of imidazole rings is 1. The highest BCUT2D eigenvalue weighted by molar-refractivity contribution is 6.01. The van der Waals surface area contributed by atoms with Gasteiger partial charge in [-0.2, -0.15) is 0 Å². The van der Waals surface area contributed by atoms with E-state index < -0.39 is 0 Å². The Balaban J connectivity index is 1.42. The molecule has 39 heavy (non-hydrogen) atoms. The summed E-state index contributed by atoms with van der Waals surface area (Å²) in [5.41, 5.74) is 4.26. The predicted molar refractivity (Wildman–Crippen MR) is 153 cm³/mol. The number of amides is 1. The van der Waals surface area contributed by atoms with Crippen LogP contribution in [0.25, 0.3) is 22.4 Å². The minimum Gasteiger partial charge on any atom is -0.360 e. The molecule has 0 aliphatic heterocycles. The molecule has 0 radical (unpaired) electrons. The number of rotatable bonds is 5. The molecular formula is C31H39N5O3. The van der Waals surface area contributed by atoms with Crippen molar-refractivity contribution in [1.29, 1.82) is 0 Å². The molecule has 2 atom stereocenters. The van der Waals surface area contributed by atoms with Crippen molar-refractivity contribution in [3.8, 4) is 11.3 Å². The van der Waals surface area contributed by atoms with Gasteiger partial charge < -0.3 is 9.84 Å². The third-order valence-electron chi connectivity index (χ3n) is 8.10. The van der Waals surface area contributed by atoms with E-state index in [-0.39, 0.29) is 34.4 Å². The Kier molecular flexibility index (Phi) is 6.77. The second-order valence-electron chi connectivity index (χ2n) is 12.9. The smallest absolute Gasteiger partial charge is 0.330 e. The molecule has 8 heteroatoms. The number of fused-ring (bicyclic) bond motifs is 1. The number of pyridine rings is 1. The van der Waals surface area contributed by atoms with E-state index in [2.05, 4.69) is 51.2 Å². The van der Waals surface area contributed by atoms with Gasteiger partial charge >= 0.3 is 5.69 Å². The van der Waals surface area contributed by atoms with E-state index in [0.717, 1.165) is 36.0 Å². The molecule has 1 N–H and O–H groups in total. The first-order chi connectivity index (χ1) is 18.4. The molecule has 3 heterocycles. The molecule has 0 bridgehead atoms. The molecule has 206 valence electrons. The quantitative estimate of drug-likeness (QED) is 0.351. The van der Waals surface area contributed by atoms with Gasteiger partial charge in [-0.1, -0.05) is 70.1 Å². The van der Waals surface area contributed by atoms with Crippen molar-refractivity contribution in [1.82, 2.24) is 24.6 Å². The zero-order valence-corrected chi connectivity index (χ0v) is 24.0. The fourth-order valence-electron chi connectivity index (χ4n) is 5.77. The number of nitrogens with one attached hydrogen (secondary N) is 1. The second kappa shape index (κ2) is 9.81. The van der Waals surface area contributed by atoms with Crippen molar-refractivity contribution >= 4 is 17.1 Å². The Morgan fingerprint density at radius 3 is 2.56 bits per heavy atom. The maximum atomic E-state index is 13.6. The summed E-state index contributed by atoms with van der Waals surface area (Å²) in [7, 11) is 1.79. The minimum atomic E-state index is -0.170. The number of carbonyl (C=O) groups is 1. The fourth-order valence-corrected chi connectivity index (χ4v) is 5.77. The van der Waals surface area contributed by atoms with Gasteiger partial charge in [0.25, 0.3) is 5.91 Å². The molecule has 8 nitrogen and oxygen atoms in total. The van der Waals surface area contributed by atoms with Crippen LogP contribution in [0.5, 0.6) is 0 Å². The summed E-state index contributed by atoms with van der Waals surface area (Å²) >= 11 is 0. The number of aromatic nitrogens is 4. The Bertz CT molecular complexity index is 1570. The maximum Gasteiger partial charge on any atom is 0.330 e. The monoisotopic (exact) mass is 529 g/mol. The molecule has 1 aromatic carbocycles. The zero-order valence-electron chi connectivity index (χ0n) is 24.0. The molecule has 0 saturated heterocycles. The van der Waals surface area contributed by atoms with Gasteiger partial charge in [0.2, 0.25) is 0 Å². The van der Waals surface area contributed by atoms with E-state index in [1.165, 1.54) is 0 Å². The van der Waals surface area contributed by atoms with Gasteiger partial charge in [0, 0.05) is 36.8 Å². The third kappa shape index (κ3) is 5.16. The van der Waals surface area contributed by atoms with Crippen LogP contribution in [-0.2, 0) is 13.6 Å². The van der Waals surface area contributed by atoms with Crippen molar-refractivity contribution in [2.24, 2.45) is 17.9 Å². The van der Waals surface area contributed by atoms with Crippen LogP contribution in [0.2, 0.25) is 0 Å². The van der Waals surface area contributed by atoms with E-state index in [4.69, 9.17) is 9.51 Å². The lowest BCUT2D eigenvalue weighted by molar-refractivity contribution is 0.0835. The minimum absolute atomic E-state index is 0.0274. The maximum absolute atomic E-state index is 13.6. The summed E-state index contributed by atoms with van der Waals surface area (Å²) in [6.45, 7) is 13.2. The Morgan fingerprint density at radius 1 is 1.15 bits per heavy atom. The molecular weight excluding hydrogens is 490 g/mol. The average molecular weight is 530 g/mol. The lowest BCUT2D eigenvalue weighted by Crippen LogP contribution is -2.48. The zero-order chi connectivity index (χ0) is 28.1. The molecule has 4 aromatic rings. The van der Waals surface area contributed by atoms with Crippen LogP contribution in [0.3, 0.4) is 0 Å². The highest BCUT2D eigenvalue weighted by Crippen LogP contribution is 2.43. The van der Waals surface area contributed by atoms with E-state index in [1.54, 1.807) is 18.5 Å². The van der Waals surface area contributed by atoms with Crippen LogP contribution < -0.4 is 11.0 Å². The van der Waals surface area contributed by atoms with Crippen molar-refractivity contribution in [3.63, 3.8) is 0 Å². The van der Waals surface area contributed by atoms with Crippen LogP contribution >= 0.6 is 0 Å². The molecule has 2 unspecified atom stereocenters. The second-order valence-corrected chi connectivity index (χ2v) is 12.9. The van der Waals surface area contributed by atoms with Crippen molar-refractivity contribution in [3.05, 3.63) is 70.0 Å². The third-order valence-corrected chi connectivity index (χ3v) is 8.10. The van der Waals surface area contributed by atoms with Crippen LogP contribution in [0.4, 0.5) is 0 Å². The van der Waals surface area contributed by atoms with Gasteiger partial charge in [0.1, 0.15) is 17.0 Å². The topological polar surface area (TPSA) is 95.0 Å². The SMILES string of the molecule is Cc1onc(-c2ccccc2)c1C(=O)NC1CC(c2ccc3c(n2)n(C)c(=O)n3CC(C)(C)C)CCC1(C)C. The largest absolute Gasteiger partial charge is 0.360 e. The van der Waals surface area contributed by atoms with Gasteiger partial charge in [-0.15, -0.1) is 0 Å². The van der Waals surface area contributed by atoms with Crippen molar-refractivity contribution in [2.45, 2.75) is 79.3 Å². The van der Waals surface area contributed by atoms with Crippen molar-refractivity contribution in [2.75, 3.05) is 0 Å². The van der Waals surface area contributed by atoms with Crippen LogP contribution in [0, 0.1) is 17.8 Å². The average Bonchev–Trinajstić information content (AvgIpc) is 3.38. The van der Waals surface area contributed by atoms with E-state index in [1.807, 2.05) is 41.0 Å². The molecule has 1 aliphatic rings. The number of carbonyl (C=O) groups excluding carboxylic acids is 1. The highest BCUT2D eigenvalue weighted by Gasteiger charge is 2.39. The fraction of sp³-hybridized carbons (Fsp3) is 0.484. The first-order valence-corrected chi connectivity index (χ1v) is 13.7. The number of hydrogen-bond donors (Lipinski definition) is 1. The Labute approximate surface area is 229 Å². The lowest BCUT2D eigenvalue weighted by atomic mass is 9.68. The normalized spacial score (nSPS) is 19.4. The summed E-state index contributed by atoms with van der Waals surface area (Å²) in [4.78, 5) is 31.6. The molecule has 1 fully saturated rings. The standard InChI is InChI=1S/C31H39N5O3/c1-19-25(26(34-39-19)20-11-9-8-10-12-20)28(37)33-24-17-21(15-16-31(24,5)6)22-13-14-23-27(32-22)35(7)29(38)36(23)18-30(2,3)4/h8-14,21,24H,15-18H2,1-7H3,(H,33,37). The first-order valence-electron chi connectivity index (χ1n) is 13.7. The van der Waals surface area contributed by atoms with Gasteiger partial charge in [0.15, 0.2) is 5.65 Å². The summed E-state index contributed by atoms with van der Waals surface area (Å²) in [6, 6.07) is 13.7. The van der Waals surface area contributed by atoms with E-state index in [0.29, 0.717) is 29.2 Å². The summed E-state index contributed by atoms with van der Waals surface area (Å²) in [5, 5.41) is 7.52. The number of hydrogen-bond acceptors (Lipinski definition) is 5. The van der Waals surface area contributed by atoms with Gasteiger partial charge in [-0.25, -0.2) is 9.78 Å². The Morgan fingerprint density at radius 2 is 1.87 bits per heavy atom. The summed E-state index contributed by atoms with van der Waals surface area (Å²) in [5.74, 6) is 0.506. The van der Waals surface area contributed by atoms with Crippen molar-refractivity contribution < 1.29 is 9.32 Å². The Hall–Kier alpha value is -3.68. The summed E-state index contributed by atoms with van der Waals surface area (Å²) in [6.07, 6.45) is 2.68. The first kappa shape index (κ1) is 26.9. The molecule has 1 amide bonds. The van der Waals surface area contributed by atoms with E-state index in [9.17, 15) is 9.59 Å². The number of aryl methyl sites for hydroxylation is 2.